The maximum Gasteiger partial charge on any atom is 0.337 e. The van der Waals surface area contributed by atoms with E-state index in [1.807, 2.05) is 18.2 Å². The number of rotatable bonds is 4. The van der Waals surface area contributed by atoms with Crippen molar-refractivity contribution in [1.82, 2.24) is 4.90 Å². The van der Waals surface area contributed by atoms with Crippen molar-refractivity contribution in [2.45, 2.75) is 13.0 Å². The molecular weight excluding hydrogens is 262 g/mol. The normalized spacial score (nSPS) is 12.2. The van der Waals surface area contributed by atoms with E-state index in [0.29, 0.717) is 11.6 Å². The molecule has 0 aliphatic rings. The summed E-state index contributed by atoms with van der Waals surface area (Å²) in [5, 5.41) is 0. The lowest BCUT2D eigenvalue weighted by Gasteiger charge is -2.20. The summed E-state index contributed by atoms with van der Waals surface area (Å²) in [7, 11) is 5.53. The van der Waals surface area contributed by atoms with E-state index in [9.17, 15) is 4.79 Å². The van der Waals surface area contributed by atoms with Gasteiger partial charge in [0.2, 0.25) is 0 Å². The number of ether oxygens (including phenoxy) is 1. The minimum absolute atomic E-state index is 0.310. The first kappa shape index (κ1) is 15.3. The molecule has 0 fully saturated rings. The fourth-order valence-electron chi connectivity index (χ4n) is 2.20. The molecule has 2 rings (SSSR count). The van der Waals surface area contributed by atoms with E-state index in [2.05, 4.69) is 50.2 Å². The quantitative estimate of drug-likeness (QED) is 0.800. The highest BCUT2D eigenvalue weighted by molar-refractivity contribution is 5.90. The Labute approximate surface area is 126 Å². The van der Waals surface area contributed by atoms with Gasteiger partial charge in [-0.2, -0.15) is 0 Å². The van der Waals surface area contributed by atoms with Gasteiger partial charge in [0, 0.05) is 6.04 Å². The standard InChI is InChI=1S/C18H21NO2/c1-13(19(2)3)14-8-10-15(11-9-14)16-6-5-7-17(12-16)18(20)21-4/h5-13H,1-4H3. The van der Waals surface area contributed by atoms with Gasteiger partial charge >= 0.3 is 5.97 Å². The number of carbonyl (C=O) groups is 1. The van der Waals surface area contributed by atoms with Crippen LogP contribution in [0.25, 0.3) is 11.1 Å². The van der Waals surface area contributed by atoms with Crippen LogP contribution in [0.2, 0.25) is 0 Å². The Kier molecular flexibility index (Phi) is 4.76. The molecule has 0 saturated carbocycles. The van der Waals surface area contributed by atoms with Crippen molar-refractivity contribution in [2.24, 2.45) is 0 Å². The van der Waals surface area contributed by atoms with Gasteiger partial charge in [-0.15, -0.1) is 0 Å². The van der Waals surface area contributed by atoms with Crippen LogP contribution in [0.4, 0.5) is 0 Å². The van der Waals surface area contributed by atoms with E-state index in [4.69, 9.17) is 4.74 Å². The fourth-order valence-corrected chi connectivity index (χ4v) is 2.20. The number of hydrogen-bond acceptors (Lipinski definition) is 3. The molecule has 2 aromatic carbocycles. The summed E-state index contributed by atoms with van der Waals surface area (Å²) in [6.45, 7) is 2.17. The van der Waals surface area contributed by atoms with Crippen LogP contribution in [0, 0.1) is 0 Å². The summed E-state index contributed by atoms with van der Waals surface area (Å²) in [6, 6.07) is 16.3. The minimum atomic E-state index is -0.310. The molecule has 0 N–H and O–H groups in total. The predicted octanol–water partition coefficient (Wildman–Crippen LogP) is 3.76. The molecular formula is C18H21NO2. The van der Waals surface area contributed by atoms with Crippen molar-refractivity contribution in [3.8, 4) is 11.1 Å². The third kappa shape index (κ3) is 3.50. The van der Waals surface area contributed by atoms with Gasteiger partial charge in [-0.3, -0.25) is 0 Å². The van der Waals surface area contributed by atoms with E-state index < -0.39 is 0 Å². The number of methoxy groups -OCH3 is 1. The Morgan fingerprint density at radius 3 is 2.29 bits per heavy atom. The van der Waals surface area contributed by atoms with Crippen LogP contribution in [0.15, 0.2) is 48.5 Å². The van der Waals surface area contributed by atoms with Crippen molar-refractivity contribution < 1.29 is 9.53 Å². The topological polar surface area (TPSA) is 29.5 Å². The number of esters is 1. The first-order valence-electron chi connectivity index (χ1n) is 6.98. The van der Waals surface area contributed by atoms with Crippen LogP contribution in [0.1, 0.15) is 28.9 Å². The maximum atomic E-state index is 11.6. The van der Waals surface area contributed by atoms with Gasteiger partial charge in [0.1, 0.15) is 0 Å². The fraction of sp³-hybridized carbons (Fsp3) is 0.278. The van der Waals surface area contributed by atoms with Gasteiger partial charge in [-0.25, -0.2) is 4.79 Å². The first-order chi connectivity index (χ1) is 10.0. The van der Waals surface area contributed by atoms with E-state index in [0.717, 1.165) is 11.1 Å². The Morgan fingerprint density at radius 2 is 1.71 bits per heavy atom. The monoisotopic (exact) mass is 283 g/mol. The Hall–Kier alpha value is -2.13. The van der Waals surface area contributed by atoms with Crippen LogP contribution in [0.3, 0.4) is 0 Å². The third-order valence-electron chi connectivity index (χ3n) is 3.78. The summed E-state index contributed by atoms with van der Waals surface area (Å²) < 4.78 is 4.76. The Morgan fingerprint density at radius 1 is 1.05 bits per heavy atom. The Bertz CT molecular complexity index is 617. The van der Waals surface area contributed by atoms with Gasteiger partial charge in [0.05, 0.1) is 12.7 Å². The summed E-state index contributed by atoms with van der Waals surface area (Å²) in [6.07, 6.45) is 0. The molecule has 1 unspecified atom stereocenters. The number of nitrogens with zero attached hydrogens (tertiary/aromatic N) is 1. The number of carbonyl (C=O) groups excluding carboxylic acids is 1. The highest BCUT2D eigenvalue weighted by Crippen LogP contribution is 2.24. The molecule has 1 atom stereocenters. The highest BCUT2D eigenvalue weighted by Gasteiger charge is 2.09. The number of benzene rings is 2. The van der Waals surface area contributed by atoms with Gasteiger partial charge in [0.15, 0.2) is 0 Å². The van der Waals surface area contributed by atoms with Crippen LogP contribution < -0.4 is 0 Å². The molecule has 0 heterocycles. The second kappa shape index (κ2) is 6.55. The molecule has 0 spiro atoms. The molecule has 3 heteroatoms. The molecule has 110 valence electrons. The zero-order chi connectivity index (χ0) is 15.4. The molecule has 3 nitrogen and oxygen atoms in total. The molecule has 0 radical (unpaired) electrons. The summed E-state index contributed by atoms with van der Waals surface area (Å²) in [4.78, 5) is 13.8. The van der Waals surface area contributed by atoms with Gasteiger partial charge in [0.25, 0.3) is 0 Å². The van der Waals surface area contributed by atoms with Crippen molar-refractivity contribution >= 4 is 5.97 Å². The summed E-state index contributed by atoms with van der Waals surface area (Å²) in [5.41, 5.74) is 3.95. The largest absolute Gasteiger partial charge is 0.465 e. The van der Waals surface area contributed by atoms with Crippen molar-refractivity contribution in [3.05, 3.63) is 59.7 Å². The average Bonchev–Trinajstić information content (AvgIpc) is 2.53. The van der Waals surface area contributed by atoms with Crippen molar-refractivity contribution in [3.63, 3.8) is 0 Å². The zero-order valence-electron chi connectivity index (χ0n) is 13.0. The first-order valence-corrected chi connectivity index (χ1v) is 6.98. The molecule has 0 bridgehead atoms. The van der Waals surface area contributed by atoms with Crippen molar-refractivity contribution in [1.29, 1.82) is 0 Å². The van der Waals surface area contributed by atoms with Crippen LogP contribution in [0.5, 0.6) is 0 Å². The molecule has 21 heavy (non-hydrogen) atoms. The molecule has 2 aromatic rings. The maximum absolute atomic E-state index is 11.6. The lowest BCUT2D eigenvalue weighted by atomic mass is 9.99. The van der Waals surface area contributed by atoms with Crippen LogP contribution in [-0.4, -0.2) is 32.1 Å². The lowest BCUT2D eigenvalue weighted by molar-refractivity contribution is 0.0601. The predicted molar refractivity (Wildman–Crippen MR) is 85.3 cm³/mol. The van der Waals surface area contributed by atoms with Crippen molar-refractivity contribution in [2.75, 3.05) is 21.2 Å². The van der Waals surface area contributed by atoms with Gasteiger partial charge in [-0.05, 0) is 49.8 Å². The molecule has 0 amide bonds. The molecule has 0 aliphatic heterocycles. The molecule has 0 saturated heterocycles. The third-order valence-corrected chi connectivity index (χ3v) is 3.78. The average molecular weight is 283 g/mol. The van der Waals surface area contributed by atoms with E-state index in [1.165, 1.54) is 12.7 Å². The van der Waals surface area contributed by atoms with E-state index >= 15 is 0 Å². The van der Waals surface area contributed by atoms with Gasteiger partial charge in [-0.1, -0.05) is 36.4 Å². The number of hydrogen-bond donors (Lipinski definition) is 0. The highest BCUT2D eigenvalue weighted by atomic mass is 16.5. The molecule has 0 aromatic heterocycles. The lowest BCUT2D eigenvalue weighted by Crippen LogP contribution is -2.16. The van der Waals surface area contributed by atoms with Crippen LogP contribution in [-0.2, 0) is 4.74 Å². The minimum Gasteiger partial charge on any atom is -0.465 e. The second-order valence-corrected chi connectivity index (χ2v) is 5.33. The van der Waals surface area contributed by atoms with Crippen LogP contribution >= 0.6 is 0 Å². The zero-order valence-corrected chi connectivity index (χ0v) is 13.0. The Balaban J connectivity index is 2.29. The molecule has 0 aliphatic carbocycles. The SMILES string of the molecule is COC(=O)c1cccc(-c2ccc(C(C)N(C)C)cc2)c1. The summed E-state index contributed by atoms with van der Waals surface area (Å²) in [5.74, 6) is -0.310. The summed E-state index contributed by atoms with van der Waals surface area (Å²) >= 11 is 0. The van der Waals surface area contributed by atoms with E-state index in [1.54, 1.807) is 6.07 Å². The van der Waals surface area contributed by atoms with E-state index in [-0.39, 0.29) is 5.97 Å². The smallest absolute Gasteiger partial charge is 0.337 e. The van der Waals surface area contributed by atoms with Gasteiger partial charge < -0.3 is 9.64 Å². The second-order valence-electron chi connectivity index (χ2n) is 5.33.